The van der Waals surface area contributed by atoms with Gasteiger partial charge in [-0.3, -0.25) is 4.90 Å². The molecule has 4 rings (SSSR count). The third-order valence-corrected chi connectivity index (χ3v) is 7.23. The van der Waals surface area contributed by atoms with Gasteiger partial charge in [0.1, 0.15) is 11.9 Å². The summed E-state index contributed by atoms with van der Waals surface area (Å²) < 4.78 is 29.3. The molecule has 1 aliphatic carbocycles. The van der Waals surface area contributed by atoms with Crippen molar-refractivity contribution in [1.82, 2.24) is 4.90 Å². The van der Waals surface area contributed by atoms with Crippen molar-refractivity contribution in [3.63, 3.8) is 0 Å². The summed E-state index contributed by atoms with van der Waals surface area (Å²) in [6.45, 7) is 9.54. The molecule has 0 spiro atoms. The summed E-state index contributed by atoms with van der Waals surface area (Å²) in [6, 6.07) is 9.81. The first kappa shape index (κ1) is 20.5. The lowest BCUT2D eigenvalue weighted by atomic mass is 10.0. The number of likely N-dealkylation sites (tertiary alicyclic amines) is 1. The molecule has 0 N–H and O–H groups in total. The van der Waals surface area contributed by atoms with E-state index in [-0.39, 0.29) is 17.0 Å². The van der Waals surface area contributed by atoms with Crippen molar-refractivity contribution in [3.8, 4) is 5.75 Å². The van der Waals surface area contributed by atoms with Gasteiger partial charge in [0.25, 0.3) is 9.05 Å². The summed E-state index contributed by atoms with van der Waals surface area (Å²) in [5, 5.41) is 0.520. The van der Waals surface area contributed by atoms with Crippen LogP contribution in [0.25, 0.3) is 4.85 Å². The van der Waals surface area contributed by atoms with E-state index < -0.39 is 9.05 Å². The van der Waals surface area contributed by atoms with Crippen LogP contribution in [0.15, 0.2) is 41.3 Å². The van der Waals surface area contributed by atoms with Gasteiger partial charge in [0.05, 0.1) is 17.5 Å². The smallest absolute Gasteiger partial charge is 0.261 e. The molecule has 2 atom stereocenters. The van der Waals surface area contributed by atoms with Gasteiger partial charge in [-0.1, -0.05) is 18.0 Å². The van der Waals surface area contributed by atoms with Crippen molar-refractivity contribution in [3.05, 3.63) is 64.0 Å². The van der Waals surface area contributed by atoms with Gasteiger partial charge in [-0.2, -0.15) is 0 Å². The fourth-order valence-electron chi connectivity index (χ4n) is 4.28. The summed E-state index contributed by atoms with van der Waals surface area (Å²) in [6.07, 6.45) is 4.00. The van der Waals surface area contributed by atoms with Gasteiger partial charge in [-0.25, -0.2) is 13.3 Å². The van der Waals surface area contributed by atoms with Crippen LogP contribution in [0.1, 0.15) is 36.5 Å². The van der Waals surface area contributed by atoms with E-state index in [4.69, 9.17) is 33.6 Å². The van der Waals surface area contributed by atoms with E-state index in [1.165, 1.54) is 18.6 Å². The van der Waals surface area contributed by atoms with Crippen LogP contribution < -0.4 is 4.74 Å². The Kier molecular flexibility index (Phi) is 5.76. The zero-order chi connectivity index (χ0) is 20.6. The highest BCUT2D eigenvalue weighted by molar-refractivity contribution is 8.13. The van der Waals surface area contributed by atoms with Crippen LogP contribution in [0.5, 0.6) is 5.75 Å². The zero-order valence-electron chi connectivity index (χ0n) is 15.6. The minimum absolute atomic E-state index is 0.0317. The maximum Gasteiger partial charge on any atom is 0.261 e. The molecule has 0 radical (unpaired) electrons. The molecule has 1 heterocycles. The predicted molar refractivity (Wildman–Crippen MR) is 113 cm³/mol. The molecule has 2 aromatic rings. The number of fused-ring (bicyclic) bond motifs is 1. The summed E-state index contributed by atoms with van der Waals surface area (Å²) >= 11 is 6.29. The van der Waals surface area contributed by atoms with Gasteiger partial charge in [-0.05, 0) is 79.9 Å². The van der Waals surface area contributed by atoms with Gasteiger partial charge in [0, 0.05) is 15.7 Å². The predicted octanol–water partition coefficient (Wildman–Crippen LogP) is 5.35. The van der Waals surface area contributed by atoms with E-state index in [2.05, 4.69) is 9.74 Å². The van der Waals surface area contributed by atoms with Crippen LogP contribution in [0.2, 0.25) is 5.02 Å². The average molecular weight is 451 g/mol. The number of nitrogens with zero attached hydrogens (tertiary/aromatic N) is 2. The molecule has 0 bridgehead atoms. The van der Waals surface area contributed by atoms with E-state index in [0.717, 1.165) is 43.5 Å². The van der Waals surface area contributed by atoms with Crippen LogP contribution in [0.3, 0.4) is 0 Å². The molecule has 0 amide bonds. The second-order valence-electron chi connectivity index (χ2n) is 7.42. The average Bonchev–Trinajstić information content (AvgIpc) is 3.06. The number of halogens is 2. The maximum atomic E-state index is 11.5. The van der Waals surface area contributed by atoms with Crippen LogP contribution >= 0.6 is 22.3 Å². The number of hydrogen-bond donors (Lipinski definition) is 0. The quantitative estimate of drug-likeness (QED) is 0.465. The Morgan fingerprint density at radius 2 is 1.79 bits per heavy atom. The van der Waals surface area contributed by atoms with E-state index in [1.807, 2.05) is 6.07 Å². The highest BCUT2D eigenvalue weighted by atomic mass is 35.7. The Balaban J connectivity index is 1.69. The minimum Gasteiger partial charge on any atom is -0.484 e. The number of ether oxygens (including phenoxy) is 1. The third kappa shape index (κ3) is 4.24. The van der Waals surface area contributed by atoms with E-state index in [1.54, 1.807) is 18.2 Å². The second kappa shape index (κ2) is 8.16. The largest absolute Gasteiger partial charge is 0.484 e. The van der Waals surface area contributed by atoms with Gasteiger partial charge in [0.15, 0.2) is 5.69 Å². The topological polar surface area (TPSA) is 51.0 Å². The van der Waals surface area contributed by atoms with Gasteiger partial charge in [-0.15, -0.1) is 0 Å². The monoisotopic (exact) mass is 450 g/mol. The molecule has 29 heavy (non-hydrogen) atoms. The molecular formula is C21H20Cl2N2O3S. The van der Waals surface area contributed by atoms with Crippen molar-refractivity contribution < 1.29 is 13.2 Å². The number of piperidine rings is 1. The van der Waals surface area contributed by atoms with Crippen molar-refractivity contribution >= 4 is 37.0 Å². The first-order chi connectivity index (χ1) is 13.9. The van der Waals surface area contributed by atoms with Crippen molar-refractivity contribution in [2.75, 3.05) is 13.1 Å². The van der Waals surface area contributed by atoms with E-state index in [9.17, 15) is 8.42 Å². The molecule has 8 heteroatoms. The van der Waals surface area contributed by atoms with Crippen LogP contribution in [0.4, 0.5) is 5.69 Å². The summed E-state index contributed by atoms with van der Waals surface area (Å²) in [5.74, 6) is 0.554. The first-order valence-electron chi connectivity index (χ1n) is 9.52. The molecule has 0 saturated carbocycles. The first-order valence-corrected chi connectivity index (χ1v) is 12.2. The van der Waals surface area contributed by atoms with Crippen molar-refractivity contribution in [1.29, 1.82) is 0 Å². The summed E-state index contributed by atoms with van der Waals surface area (Å²) in [4.78, 5) is 6.14. The molecule has 152 valence electrons. The molecule has 0 aromatic heterocycles. The fourth-order valence-corrected chi connectivity index (χ4v) is 5.27. The Morgan fingerprint density at radius 1 is 1.10 bits per heavy atom. The van der Waals surface area contributed by atoms with Gasteiger partial charge in [0.2, 0.25) is 0 Å². The maximum absolute atomic E-state index is 11.5. The highest BCUT2D eigenvalue weighted by Gasteiger charge is 2.39. The summed E-state index contributed by atoms with van der Waals surface area (Å²) in [7, 11) is 1.63. The molecule has 1 aliphatic heterocycles. The number of hydrogen-bond acceptors (Lipinski definition) is 4. The molecule has 2 aromatic carbocycles. The Hall–Kier alpha value is -1.78. The van der Waals surface area contributed by atoms with Crippen LogP contribution in [-0.4, -0.2) is 32.4 Å². The molecule has 5 nitrogen and oxygen atoms in total. The van der Waals surface area contributed by atoms with E-state index >= 15 is 0 Å². The van der Waals surface area contributed by atoms with Gasteiger partial charge >= 0.3 is 0 Å². The second-order valence-corrected chi connectivity index (χ2v) is 10.4. The van der Waals surface area contributed by atoms with E-state index in [0.29, 0.717) is 16.5 Å². The molecule has 2 aliphatic rings. The Labute approximate surface area is 180 Å². The SMILES string of the molecule is [C-]#[N+]c1cc(Cl)cc2c1C[C@H](N1CCCCC1)[C@H]2Oc1ccc(S(=O)(=O)Cl)cc1. The van der Waals surface area contributed by atoms with Crippen LogP contribution in [-0.2, 0) is 15.5 Å². The lowest BCUT2D eigenvalue weighted by molar-refractivity contribution is 0.0647. The lowest BCUT2D eigenvalue weighted by Crippen LogP contribution is -2.43. The highest BCUT2D eigenvalue weighted by Crippen LogP contribution is 2.44. The number of rotatable bonds is 4. The van der Waals surface area contributed by atoms with Crippen LogP contribution in [0, 0.1) is 6.57 Å². The molecule has 1 fully saturated rings. The van der Waals surface area contributed by atoms with Gasteiger partial charge < -0.3 is 4.74 Å². The Bertz CT molecular complexity index is 1060. The normalized spacial score (nSPS) is 22.1. The van der Waals surface area contributed by atoms with Crippen molar-refractivity contribution in [2.45, 2.75) is 42.7 Å². The molecular weight excluding hydrogens is 431 g/mol. The van der Waals surface area contributed by atoms with Crippen molar-refractivity contribution in [2.24, 2.45) is 0 Å². The summed E-state index contributed by atoms with van der Waals surface area (Å²) in [5.41, 5.74) is 2.50. The minimum atomic E-state index is -3.78. The fraction of sp³-hybridized carbons (Fsp3) is 0.381. The molecule has 1 saturated heterocycles. The lowest BCUT2D eigenvalue weighted by Gasteiger charge is -2.36. The standard InChI is InChI=1S/C21H20Cl2N2O3S/c1-24-19-12-14(22)11-18-17(19)13-20(25-9-3-2-4-10-25)21(18)28-15-5-7-16(8-6-15)29(23,26)27/h5-8,11-12,20-21H,2-4,9-10,13H2/t20-,21-/m0/s1. The Morgan fingerprint density at radius 3 is 2.41 bits per heavy atom. The zero-order valence-corrected chi connectivity index (χ0v) is 18.0. The molecule has 0 unspecified atom stereocenters. The third-order valence-electron chi connectivity index (χ3n) is 5.64. The number of benzene rings is 2.